The van der Waals surface area contributed by atoms with E-state index < -0.39 is 0 Å². The predicted molar refractivity (Wildman–Crippen MR) is 78.8 cm³/mol. The molecule has 0 aliphatic carbocycles. The first-order valence-corrected chi connectivity index (χ1v) is 7.06. The predicted octanol–water partition coefficient (Wildman–Crippen LogP) is 0.614. The van der Waals surface area contributed by atoms with Gasteiger partial charge in [0.05, 0.1) is 18.9 Å². The number of anilines is 1. The van der Waals surface area contributed by atoms with Crippen molar-refractivity contribution in [1.29, 1.82) is 0 Å². The maximum atomic E-state index is 12.4. The molecule has 2 rings (SSSR count). The third-order valence-corrected chi connectivity index (χ3v) is 4.06. The van der Waals surface area contributed by atoms with E-state index in [9.17, 15) is 4.79 Å². The van der Waals surface area contributed by atoms with Gasteiger partial charge in [-0.15, -0.1) is 11.3 Å². The Morgan fingerprint density at radius 2 is 2.00 bits per heavy atom. The van der Waals surface area contributed by atoms with Gasteiger partial charge in [0.25, 0.3) is 5.91 Å². The van der Waals surface area contributed by atoms with Crippen LogP contribution in [0.5, 0.6) is 0 Å². The Balaban J connectivity index is 2.40. The molecule has 0 aliphatic rings. The topological polar surface area (TPSA) is 99.7 Å². The zero-order chi connectivity index (χ0) is 14.7. The molecule has 20 heavy (non-hydrogen) atoms. The van der Waals surface area contributed by atoms with Gasteiger partial charge in [0.2, 0.25) is 0 Å². The molecule has 6 nitrogen and oxygen atoms in total. The highest BCUT2D eigenvalue weighted by atomic mass is 32.1. The molecule has 0 spiro atoms. The number of aromatic nitrogens is 1. The Morgan fingerprint density at radius 3 is 2.60 bits per heavy atom. The van der Waals surface area contributed by atoms with Crippen molar-refractivity contribution in [3.63, 3.8) is 0 Å². The number of aliphatic hydroxyl groups is 2. The molecular formula is C13H17N3O3S. The van der Waals surface area contributed by atoms with Gasteiger partial charge in [-0.3, -0.25) is 4.79 Å². The van der Waals surface area contributed by atoms with Crippen molar-refractivity contribution in [2.75, 3.05) is 32.0 Å². The minimum Gasteiger partial charge on any atom is -0.397 e. The van der Waals surface area contributed by atoms with Crippen LogP contribution in [-0.4, -0.2) is 52.3 Å². The average Bonchev–Trinajstić information content (AvgIpc) is 2.74. The summed E-state index contributed by atoms with van der Waals surface area (Å²) < 4.78 is 0. The Labute approximate surface area is 120 Å². The lowest BCUT2D eigenvalue weighted by Crippen LogP contribution is -2.35. The van der Waals surface area contributed by atoms with Crippen LogP contribution >= 0.6 is 11.3 Å². The van der Waals surface area contributed by atoms with E-state index in [0.29, 0.717) is 10.6 Å². The number of aryl methyl sites for hydroxylation is 1. The van der Waals surface area contributed by atoms with E-state index in [1.807, 2.05) is 19.1 Å². The smallest absolute Gasteiger partial charge is 0.266 e. The summed E-state index contributed by atoms with van der Waals surface area (Å²) in [4.78, 5) is 19.3. The number of carbonyl (C=O) groups is 1. The Hall–Kier alpha value is -1.70. The van der Waals surface area contributed by atoms with Gasteiger partial charge >= 0.3 is 0 Å². The number of nitrogens with two attached hydrogens (primary N) is 1. The maximum absolute atomic E-state index is 12.4. The van der Waals surface area contributed by atoms with E-state index in [1.54, 1.807) is 0 Å². The number of pyridine rings is 1. The number of nitrogen functional groups attached to an aromatic ring is 1. The van der Waals surface area contributed by atoms with Gasteiger partial charge in [-0.05, 0) is 19.1 Å². The molecule has 2 aromatic rings. The van der Waals surface area contributed by atoms with Crippen LogP contribution in [0, 0.1) is 6.92 Å². The molecule has 0 aliphatic heterocycles. The van der Waals surface area contributed by atoms with Gasteiger partial charge in [0.1, 0.15) is 9.71 Å². The number of carbonyl (C=O) groups excluding carboxylic acids is 1. The van der Waals surface area contributed by atoms with Crippen molar-refractivity contribution in [2.45, 2.75) is 6.92 Å². The first-order valence-electron chi connectivity index (χ1n) is 6.25. The Bertz CT molecular complexity index is 621. The normalized spacial score (nSPS) is 10.9. The molecule has 108 valence electrons. The molecule has 0 saturated heterocycles. The maximum Gasteiger partial charge on any atom is 0.266 e. The SMILES string of the molecule is Cc1ccc2c(N)c(C(=O)N(CCO)CCO)sc2n1. The monoisotopic (exact) mass is 295 g/mol. The lowest BCUT2D eigenvalue weighted by Gasteiger charge is -2.19. The summed E-state index contributed by atoms with van der Waals surface area (Å²) in [5.74, 6) is -0.286. The molecule has 0 fully saturated rings. The van der Waals surface area contributed by atoms with Crippen molar-refractivity contribution in [2.24, 2.45) is 0 Å². The minimum atomic E-state index is -0.286. The van der Waals surface area contributed by atoms with E-state index in [-0.39, 0.29) is 32.2 Å². The molecule has 0 bridgehead atoms. The summed E-state index contributed by atoms with van der Waals surface area (Å²) in [7, 11) is 0. The third-order valence-electron chi connectivity index (χ3n) is 2.95. The van der Waals surface area contributed by atoms with Crippen LogP contribution in [0.3, 0.4) is 0 Å². The number of hydrogen-bond acceptors (Lipinski definition) is 6. The molecular weight excluding hydrogens is 278 g/mol. The first kappa shape index (κ1) is 14.7. The highest BCUT2D eigenvalue weighted by molar-refractivity contribution is 7.21. The van der Waals surface area contributed by atoms with E-state index in [4.69, 9.17) is 15.9 Å². The third kappa shape index (κ3) is 2.74. The van der Waals surface area contributed by atoms with Crippen LogP contribution in [-0.2, 0) is 0 Å². The standard InChI is InChI=1S/C13H17N3O3S/c1-8-2-3-9-10(14)11(20-12(9)15-8)13(19)16(4-6-17)5-7-18/h2-3,17-18H,4-7,14H2,1H3. The van der Waals surface area contributed by atoms with E-state index >= 15 is 0 Å². The molecule has 7 heteroatoms. The van der Waals surface area contributed by atoms with E-state index in [0.717, 1.165) is 15.9 Å². The summed E-state index contributed by atoms with van der Waals surface area (Å²) >= 11 is 1.24. The lowest BCUT2D eigenvalue weighted by atomic mass is 10.2. The fourth-order valence-corrected chi connectivity index (χ4v) is 3.06. The summed E-state index contributed by atoms with van der Waals surface area (Å²) in [6.45, 7) is 1.89. The number of aliphatic hydroxyl groups excluding tert-OH is 2. The molecule has 0 atom stereocenters. The number of rotatable bonds is 5. The van der Waals surface area contributed by atoms with Crippen LogP contribution in [0.15, 0.2) is 12.1 Å². The first-order chi connectivity index (χ1) is 9.58. The van der Waals surface area contributed by atoms with Gasteiger partial charge in [0, 0.05) is 24.2 Å². The second-order valence-corrected chi connectivity index (χ2v) is 5.39. The van der Waals surface area contributed by atoms with Gasteiger partial charge in [-0.25, -0.2) is 4.98 Å². The molecule has 0 saturated carbocycles. The molecule has 2 aromatic heterocycles. The zero-order valence-corrected chi connectivity index (χ0v) is 12.0. The van der Waals surface area contributed by atoms with Gasteiger partial charge in [-0.2, -0.15) is 0 Å². The number of fused-ring (bicyclic) bond motifs is 1. The molecule has 2 heterocycles. The summed E-state index contributed by atoms with van der Waals surface area (Å²) in [5.41, 5.74) is 7.29. The largest absolute Gasteiger partial charge is 0.397 e. The van der Waals surface area contributed by atoms with Crippen molar-refractivity contribution < 1.29 is 15.0 Å². The van der Waals surface area contributed by atoms with Crippen LogP contribution in [0.1, 0.15) is 15.4 Å². The van der Waals surface area contributed by atoms with E-state index in [2.05, 4.69) is 4.98 Å². The number of amides is 1. The van der Waals surface area contributed by atoms with Crippen molar-refractivity contribution in [1.82, 2.24) is 9.88 Å². The van der Waals surface area contributed by atoms with Crippen LogP contribution in [0.2, 0.25) is 0 Å². The fourth-order valence-electron chi connectivity index (χ4n) is 1.95. The Kier molecular flexibility index (Phi) is 4.53. The molecule has 1 amide bonds. The van der Waals surface area contributed by atoms with E-state index in [1.165, 1.54) is 16.2 Å². The van der Waals surface area contributed by atoms with Crippen LogP contribution < -0.4 is 5.73 Å². The van der Waals surface area contributed by atoms with Crippen LogP contribution in [0.4, 0.5) is 5.69 Å². The summed E-state index contributed by atoms with van der Waals surface area (Å²) in [6, 6.07) is 3.70. The highest BCUT2D eigenvalue weighted by Gasteiger charge is 2.22. The van der Waals surface area contributed by atoms with Gasteiger partial charge in [0.15, 0.2) is 0 Å². The Morgan fingerprint density at radius 1 is 1.35 bits per heavy atom. The quantitative estimate of drug-likeness (QED) is 0.750. The minimum absolute atomic E-state index is 0.159. The highest BCUT2D eigenvalue weighted by Crippen LogP contribution is 2.33. The van der Waals surface area contributed by atoms with Gasteiger partial charge in [-0.1, -0.05) is 0 Å². The molecule has 0 unspecified atom stereocenters. The molecule has 0 radical (unpaired) electrons. The zero-order valence-electron chi connectivity index (χ0n) is 11.2. The van der Waals surface area contributed by atoms with Gasteiger partial charge < -0.3 is 20.8 Å². The second-order valence-electron chi connectivity index (χ2n) is 4.39. The van der Waals surface area contributed by atoms with Crippen molar-refractivity contribution in [3.05, 3.63) is 22.7 Å². The number of thiophene rings is 1. The van der Waals surface area contributed by atoms with Crippen LogP contribution in [0.25, 0.3) is 10.2 Å². The number of nitrogens with zero attached hydrogens (tertiary/aromatic N) is 2. The number of hydrogen-bond donors (Lipinski definition) is 3. The average molecular weight is 295 g/mol. The second kappa shape index (κ2) is 6.17. The lowest BCUT2D eigenvalue weighted by molar-refractivity contribution is 0.0690. The molecule has 4 N–H and O–H groups in total. The van der Waals surface area contributed by atoms with Crippen molar-refractivity contribution >= 4 is 33.1 Å². The van der Waals surface area contributed by atoms with Crippen molar-refractivity contribution in [3.8, 4) is 0 Å². The summed E-state index contributed by atoms with van der Waals surface area (Å²) in [6.07, 6.45) is 0. The summed E-state index contributed by atoms with van der Waals surface area (Å²) in [5, 5.41) is 18.7. The fraction of sp³-hybridized carbons (Fsp3) is 0.385. The molecule has 0 aromatic carbocycles.